The van der Waals surface area contributed by atoms with Crippen molar-refractivity contribution in [1.29, 1.82) is 0 Å². The van der Waals surface area contributed by atoms with Crippen molar-refractivity contribution in [1.82, 2.24) is 24.4 Å². The lowest BCUT2D eigenvalue weighted by Crippen LogP contribution is -2.22. The summed E-state index contributed by atoms with van der Waals surface area (Å²) in [7, 11) is 4.92. The zero-order chi connectivity index (χ0) is 27.9. The van der Waals surface area contributed by atoms with Gasteiger partial charge in [0, 0.05) is 25.8 Å². The Morgan fingerprint density at radius 2 is 1.82 bits per heavy atom. The summed E-state index contributed by atoms with van der Waals surface area (Å²) in [5.74, 6) is 0.815. The van der Waals surface area contributed by atoms with E-state index in [0.29, 0.717) is 52.9 Å². The maximum Gasteiger partial charge on any atom is 0.339 e. The lowest BCUT2D eigenvalue weighted by Gasteiger charge is -2.14. The van der Waals surface area contributed by atoms with Gasteiger partial charge in [0.1, 0.15) is 29.9 Å². The third-order valence-corrected chi connectivity index (χ3v) is 5.91. The van der Waals surface area contributed by atoms with Crippen LogP contribution in [0.25, 0.3) is 22.5 Å². The van der Waals surface area contributed by atoms with E-state index in [1.165, 1.54) is 21.5 Å². The van der Waals surface area contributed by atoms with Gasteiger partial charge in [-0.3, -0.25) is 9.36 Å². The summed E-state index contributed by atoms with van der Waals surface area (Å²) in [5, 5.41) is 5.77. The summed E-state index contributed by atoms with van der Waals surface area (Å²) in [6.45, 7) is 3.07. The fraction of sp³-hybridized carbons (Fsp3) is 0.259. The standard InChI is InChI=1S/C27H31N7O5/c1-17-7-8-19(15-22(17)38-4)33-24-25(28)30-16-31-26(24)34(27(33)36)18-9-10-21(39-13-12-37-3)20(14-18)32-23(35)6-5-11-29-2/h5-10,14-16,29H,11-13H2,1-4H3,(H,32,35)(H2,28,30,31)/b6-5+. The van der Waals surface area contributed by atoms with Crippen LogP contribution in [0, 0.1) is 6.92 Å². The second kappa shape index (κ2) is 12.2. The molecule has 0 unspecified atom stereocenters. The number of hydrogen-bond donors (Lipinski definition) is 3. The smallest absolute Gasteiger partial charge is 0.339 e. The Labute approximate surface area is 225 Å². The number of methoxy groups -OCH3 is 2. The van der Waals surface area contributed by atoms with Crippen molar-refractivity contribution in [2.45, 2.75) is 6.92 Å². The number of aryl methyl sites for hydroxylation is 1. The van der Waals surface area contributed by atoms with Crippen molar-refractivity contribution in [3.63, 3.8) is 0 Å². The number of nitrogen functional groups attached to an aromatic ring is 1. The second-order valence-corrected chi connectivity index (χ2v) is 8.51. The zero-order valence-corrected chi connectivity index (χ0v) is 22.2. The molecule has 2 aromatic carbocycles. The molecule has 0 saturated carbocycles. The molecule has 0 fully saturated rings. The molecule has 0 aliphatic carbocycles. The van der Waals surface area contributed by atoms with Crippen LogP contribution in [-0.4, -0.2) is 66.0 Å². The predicted octanol–water partition coefficient (Wildman–Crippen LogP) is 2.21. The van der Waals surface area contributed by atoms with Crippen LogP contribution in [-0.2, 0) is 9.53 Å². The predicted molar refractivity (Wildman–Crippen MR) is 149 cm³/mol. The number of rotatable bonds is 11. The molecule has 4 aromatic rings. The Hall–Kier alpha value is -4.68. The molecule has 12 heteroatoms. The van der Waals surface area contributed by atoms with Gasteiger partial charge < -0.3 is 30.6 Å². The lowest BCUT2D eigenvalue weighted by atomic mass is 10.2. The molecule has 2 heterocycles. The average Bonchev–Trinajstić information content (AvgIpc) is 3.23. The van der Waals surface area contributed by atoms with Gasteiger partial charge in [-0.2, -0.15) is 0 Å². The van der Waals surface area contributed by atoms with Gasteiger partial charge in [0.05, 0.1) is 30.8 Å². The Kier molecular flexibility index (Phi) is 8.59. The average molecular weight is 534 g/mol. The number of nitrogens with one attached hydrogen (secondary N) is 2. The number of benzene rings is 2. The van der Waals surface area contributed by atoms with Crippen LogP contribution >= 0.6 is 0 Å². The zero-order valence-electron chi connectivity index (χ0n) is 22.2. The summed E-state index contributed by atoms with van der Waals surface area (Å²) in [4.78, 5) is 35.0. The van der Waals surface area contributed by atoms with E-state index in [1.807, 2.05) is 13.0 Å². The van der Waals surface area contributed by atoms with E-state index in [4.69, 9.17) is 19.9 Å². The number of carbonyl (C=O) groups is 1. The fourth-order valence-electron chi connectivity index (χ4n) is 4.04. The summed E-state index contributed by atoms with van der Waals surface area (Å²) >= 11 is 0. The third kappa shape index (κ3) is 5.76. The van der Waals surface area contributed by atoms with Crippen LogP contribution in [0.5, 0.6) is 11.5 Å². The molecule has 0 aliphatic heterocycles. The van der Waals surface area contributed by atoms with Gasteiger partial charge >= 0.3 is 5.69 Å². The van der Waals surface area contributed by atoms with Crippen LogP contribution < -0.4 is 31.5 Å². The van der Waals surface area contributed by atoms with E-state index in [-0.39, 0.29) is 18.3 Å². The lowest BCUT2D eigenvalue weighted by molar-refractivity contribution is -0.111. The van der Waals surface area contributed by atoms with Crippen molar-refractivity contribution in [3.8, 4) is 22.9 Å². The molecule has 0 radical (unpaired) electrons. The molecular formula is C27H31N7O5. The largest absolute Gasteiger partial charge is 0.496 e. The maximum absolute atomic E-state index is 13.9. The van der Waals surface area contributed by atoms with Gasteiger partial charge in [-0.25, -0.2) is 19.3 Å². The molecule has 0 spiro atoms. The Morgan fingerprint density at radius 1 is 1.05 bits per heavy atom. The second-order valence-electron chi connectivity index (χ2n) is 8.51. The normalized spacial score (nSPS) is 11.3. The highest BCUT2D eigenvalue weighted by Gasteiger charge is 2.22. The number of anilines is 2. The molecule has 0 bridgehead atoms. The minimum atomic E-state index is -0.428. The van der Waals surface area contributed by atoms with Crippen LogP contribution in [0.15, 0.2) is 59.7 Å². The highest BCUT2D eigenvalue weighted by atomic mass is 16.5. The number of amides is 1. The SMILES string of the molecule is CNC/C=C/C(=O)Nc1cc(-n2c(=O)n(-c3ccc(C)c(OC)c3)c3c(N)ncnc32)ccc1OCCOC. The maximum atomic E-state index is 13.9. The van der Waals surface area contributed by atoms with Crippen molar-refractivity contribution in [2.24, 2.45) is 0 Å². The number of carbonyl (C=O) groups excluding carboxylic acids is 1. The summed E-state index contributed by atoms with van der Waals surface area (Å²) in [6, 6.07) is 10.4. The van der Waals surface area contributed by atoms with Crippen LogP contribution in [0.4, 0.5) is 11.5 Å². The molecule has 39 heavy (non-hydrogen) atoms. The van der Waals surface area contributed by atoms with Crippen molar-refractivity contribution < 1.29 is 19.0 Å². The first-order valence-electron chi connectivity index (χ1n) is 12.2. The fourth-order valence-corrected chi connectivity index (χ4v) is 4.04. The monoisotopic (exact) mass is 533 g/mol. The molecule has 4 N–H and O–H groups in total. The molecule has 4 rings (SSSR count). The molecule has 1 amide bonds. The number of nitrogens with two attached hydrogens (primary N) is 1. The number of ether oxygens (including phenoxy) is 3. The van der Waals surface area contributed by atoms with E-state index in [9.17, 15) is 9.59 Å². The van der Waals surface area contributed by atoms with Gasteiger partial charge in [0.25, 0.3) is 0 Å². The van der Waals surface area contributed by atoms with Gasteiger partial charge in [-0.1, -0.05) is 12.1 Å². The van der Waals surface area contributed by atoms with Gasteiger partial charge in [-0.05, 0) is 43.8 Å². The third-order valence-electron chi connectivity index (χ3n) is 5.91. The molecule has 0 aliphatic rings. The minimum absolute atomic E-state index is 0.137. The quantitative estimate of drug-likeness (QED) is 0.195. The number of hydrogen-bond acceptors (Lipinski definition) is 9. The van der Waals surface area contributed by atoms with Crippen molar-refractivity contribution in [3.05, 3.63) is 70.9 Å². The van der Waals surface area contributed by atoms with E-state index in [2.05, 4.69) is 20.6 Å². The van der Waals surface area contributed by atoms with Crippen LogP contribution in [0.3, 0.4) is 0 Å². The molecule has 204 valence electrons. The van der Waals surface area contributed by atoms with Crippen molar-refractivity contribution >= 4 is 28.6 Å². The molecular weight excluding hydrogens is 502 g/mol. The number of nitrogens with zero attached hydrogens (tertiary/aromatic N) is 4. The molecule has 0 saturated heterocycles. The van der Waals surface area contributed by atoms with Crippen LogP contribution in [0.1, 0.15) is 5.56 Å². The van der Waals surface area contributed by atoms with Crippen molar-refractivity contribution in [2.75, 3.05) is 52.1 Å². The first-order chi connectivity index (χ1) is 18.9. The molecule has 2 aromatic heterocycles. The van der Waals surface area contributed by atoms with Crippen LogP contribution in [0.2, 0.25) is 0 Å². The molecule has 12 nitrogen and oxygen atoms in total. The summed E-state index contributed by atoms with van der Waals surface area (Å²) < 4.78 is 19.2. The van der Waals surface area contributed by atoms with E-state index in [0.717, 1.165) is 5.56 Å². The Morgan fingerprint density at radius 3 is 2.56 bits per heavy atom. The molecule has 0 atom stereocenters. The number of aromatic nitrogens is 4. The van der Waals surface area contributed by atoms with Gasteiger partial charge in [0.15, 0.2) is 11.5 Å². The van der Waals surface area contributed by atoms with E-state index < -0.39 is 5.69 Å². The Bertz CT molecular complexity index is 1580. The topological polar surface area (TPSA) is 148 Å². The van der Waals surface area contributed by atoms with Gasteiger partial charge in [-0.15, -0.1) is 0 Å². The van der Waals surface area contributed by atoms with E-state index in [1.54, 1.807) is 57.7 Å². The van der Waals surface area contributed by atoms with E-state index >= 15 is 0 Å². The Balaban J connectivity index is 1.88. The first-order valence-corrected chi connectivity index (χ1v) is 12.2. The number of imidazole rings is 1. The highest BCUT2D eigenvalue weighted by Crippen LogP contribution is 2.30. The number of fused-ring (bicyclic) bond motifs is 1. The highest BCUT2D eigenvalue weighted by molar-refractivity contribution is 6.00. The first kappa shape index (κ1) is 27.4. The van der Waals surface area contributed by atoms with Gasteiger partial charge in [0.2, 0.25) is 5.91 Å². The number of likely N-dealkylation sites (N-methyl/N-ethyl adjacent to an activating group) is 1. The summed E-state index contributed by atoms with van der Waals surface area (Å²) in [5.41, 5.74) is 8.71. The summed E-state index contributed by atoms with van der Waals surface area (Å²) in [6.07, 6.45) is 4.41. The minimum Gasteiger partial charge on any atom is -0.496 e.